The Morgan fingerprint density at radius 1 is 0.882 bits per heavy atom. The smallest absolute Gasteiger partial charge is 0.359 e. The zero-order chi connectivity index (χ0) is 13.2. The van der Waals surface area contributed by atoms with Crippen molar-refractivity contribution in [2.75, 3.05) is 0 Å². The normalized spacial score (nSPS) is 18.6. The van der Waals surface area contributed by atoms with Crippen LogP contribution < -0.4 is 0 Å². The van der Waals surface area contributed by atoms with E-state index in [1.54, 1.807) is 0 Å². The molecule has 2 aliphatic heterocycles. The fraction of sp³-hybridized carbons (Fsp3) is 0. The fourth-order valence-electron chi connectivity index (χ4n) is 0.685. The lowest BCUT2D eigenvalue weighted by atomic mass is 10.5. The zero-order valence-electron chi connectivity index (χ0n) is 7.66. The van der Waals surface area contributed by atoms with Gasteiger partial charge in [-0.05, 0) is 15.9 Å². The highest BCUT2D eigenvalue weighted by atomic mass is 79.9. The van der Waals surface area contributed by atoms with E-state index in [0.717, 1.165) is 6.08 Å². The summed E-state index contributed by atoms with van der Waals surface area (Å²) < 4.78 is 8.21. The second kappa shape index (κ2) is 5.44. The highest BCUT2D eigenvalue weighted by Gasteiger charge is 2.30. The minimum Gasteiger partial charge on any atom is -0.386 e. The van der Waals surface area contributed by atoms with Gasteiger partial charge in [0.05, 0.1) is 0 Å². The molecule has 0 spiro atoms. The zero-order valence-corrected chi connectivity index (χ0v) is 10.8. The van der Waals surface area contributed by atoms with Gasteiger partial charge >= 0.3 is 23.9 Å². The molecule has 2 heterocycles. The standard InChI is InChI=1S/C4HBrO3.C4Cl2O3/c5-2-1-3(6)8-4(2)7;5-1-2(6)4(8)9-3(1)7/h1H;. The van der Waals surface area contributed by atoms with Crippen LogP contribution in [0.3, 0.4) is 0 Å². The molecule has 9 heteroatoms. The van der Waals surface area contributed by atoms with Gasteiger partial charge in [-0.15, -0.1) is 0 Å². The third-order valence-corrected chi connectivity index (χ3v) is 2.71. The van der Waals surface area contributed by atoms with Crippen LogP contribution in [0.15, 0.2) is 20.6 Å². The first-order chi connectivity index (χ1) is 7.82. The quantitative estimate of drug-likeness (QED) is 0.483. The minimum absolute atomic E-state index is 0.183. The van der Waals surface area contributed by atoms with Crippen molar-refractivity contribution in [2.24, 2.45) is 0 Å². The molecule has 0 amide bonds. The highest BCUT2D eigenvalue weighted by Crippen LogP contribution is 2.23. The van der Waals surface area contributed by atoms with Gasteiger partial charge in [0, 0.05) is 6.08 Å². The van der Waals surface area contributed by atoms with E-state index in [2.05, 4.69) is 25.4 Å². The van der Waals surface area contributed by atoms with Gasteiger partial charge in [-0.3, -0.25) is 0 Å². The third-order valence-electron chi connectivity index (χ3n) is 1.37. The van der Waals surface area contributed by atoms with Crippen molar-refractivity contribution in [2.45, 2.75) is 0 Å². The molecule has 0 unspecified atom stereocenters. The van der Waals surface area contributed by atoms with E-state index in [-0.39, 0.29) is 14.5 Å². The Labute approximate surface area is 112 Å². The lowest BCUT2D eigenvalue weighted by Gasteiger charge is -1.82. The maximum atomic E-state index is 10.3. The largest absolute Gasteiger partial charge is 0.386 e. The maximum Gasteiger partial charge on any atom is 0.359 e. The van der Waals surface area contributed by atoms with Gasteiger partial charge in [0.1, 0.15) is 4.48 Å². The van der Waals surface area contributed by atoms with Crippen LogP contribution in [0.1, 0.15) is 0 Å². The Morgan fingerprint density at radius 2 is 1.35 bits per heavy atom. The second-order valence-corrected chi connectivity index (χ2v) is 4.12. The van der Waals surface area contributed by atoms with Gasteiger partial charge in [0.2, 0.25) is 0 Å². The van der Waals surface area contributed by atoms with Crippen molar-refractivity contribution >= 4 is 63.0 Å². The summed E-state index contributed by atoms with van der Waals surface area (Å²) in [5, 5.41) is -0.691. The van der Waals surface area contributed by atoms with E-state index in [0.29, 0.717) is 0 Å². The topological polar surface area (TPSA) is 86.7 Å². The number of hydrogen-bond donors (Lipinski definition) is 0. The summed E-state index contributed by atoms with van der Waals surface area (Å²) in [7, 11) is 0. The van der Waals surface area contributed by atoms with Crippen molar-refractivity contribution in [3.63, 3.8) is 0 Å². The molecule has 0 aliphatic carbocycles. The lowest BCUT2D eigenvalue weighted by Crippen LogP contribution is -1.99. The molecule has 6 nitrogen and oxygen atoms in total. The first-order valence-corrected chi connectivity index (χ1v) is 5.33. The number of carbonyl (C=O) groups is 4. The van der Waals surface area contributed by atoms with E-state index in [4.69, 9.17) is 23.2 Å². The number of rotatable bonds is 0. The third kappa shape index (κ3) is 3.39. The fourth-order valence-corrected chi connectivity index (χ4v) is 1.18. The first-order valence-electron chi connectivity index (χ1n) is 3.78. The summed E-state index contributed by atoms with van der Waals surface area (Å²) in [6, 6.07) is 0. The Balaban J connectivity index is 0.000000171. The first kappa shape index (κ1) is 13.9. The van der Waals surface area contributed by atoms with E-state index < -0.39 is 23.9 Å². The molecule has 90 valence electrons. The van der Waals surface area contributed by atoms with E-state index in [1.807, 2.05) is 0 Å². The summed E-state index contributed by atoms with van der Waals surface area (Å²) in [5.41, 5.74) is 0. The van der Waals surface area contributed by atoms with Crippen molar-refractivity contribution in [1.29, 1.82) is 0 Å². The summed E-state index contributed by atoms with van der Waals surface area (Å²) in [6.45, 7) is 0. The Hall–Kier alpha value is -1.18. The molecule has 0 fully saturated rings. The van der Waals surface area contributed by atoms with Gasteiger partial charge in [0.25, 0.3) is 0 Å². The number of halogens is 3. The average molecular weight is 344 g/mol. The lowest BCUT2D eigenvalue weighted by molar-refractivity contribution is -0.152. The van der Waals surface area contributed by atoms with Gasteiger partial charge in [-0.1, -0.05) is 23.2 Å². The second-order valence-electron chi connectivity index (χ2n) is 2.51. The minimum atomic E-state index is -0.883. The number of cyclic esters (lactones) is 4. The molecule has 2 rings (SSSR count). The van der Waals surface area contributed by atoms with Crippen LogP contribution >= 0.6 is 39.1 Å². The summed E-state index contributed by atoms with van der Waals surface area (Å²) in [4.78, 5) is 40.9. The number of esters is 4. The molecule has 0 aromatic carbocycles. The molecular weight excluding hydrogens is 343 g/mol. The summed E-state index contributed by atoms with van der Waals surface area (Å²) in [5.74, 6) is -2.99. The molecule has 0 aromatic heterocycles. The van der Waals surface area contributed by atoms with E-state index in [1.165, 1.54) is 0 Å². The van der Waals surface area contributed by atoms with Crippen molar-refractivity contribution in [3.8, 4) is 0 Å². The summed E-state index contributed by atoms with van der Waals surface area (Å²) >= 11 is 13.1. The Morgan fingerprint density at radius 3 is 1.47 bits per heavy atom. The van der Waals surface area contributed by atoms with Crippen molar-refractivity contribution in [1.82, 2.24) is 0 Å². The van der Waals surface area contributed by atoms with E-state index in [9.17, 15) is 19.2 Å². The van der Waals surface area contributed by atoms with Gasteiger partial charge in [-0.25, -0.2) is 19.2 Å². The highest BCUT2D eigenvalue weighted by molar-refractivity contribution is 9.12. The van der Waals surface area contributed by atoms with Crippen LogP contribution in [0, 0.1) is 0 Å². The molecule has 0 N–H and O–H groups in total. The van der Waals surface area contributed by atoms with Crippen LogP contribution in [0.25, 0.3) is 0 Å². The van der Waals surface area contributed by atoms with Crippen LogP contribution in [0.5, 0.6) is 0 Å². The van der Waals surface area contributed by atoms with Crippen LogP contribution in [0.2, 0.25) is 0 Å². The molecule has 2 aliphatic rings. The average Bonchev–Trinajstić information content (AvgIpc) is 2.64. The number of carbonyl (C=O) groups excluding carboxylic acids is 4. The van der Waals surface area contributed by atoms with E-state index >= 15 is 0 Å². The maximum absolute atomic E-state index is 10.3. The predicted molar refractivity (Wildman–Crippen MR) is 57.9 cm³/mol. The molecule has 17 heavy (non-hydrogen) atoms. The molecule has 0 saturated carbocycles. The van der Waals surface area contributed by atoms with Crippen molar-refractivity contribution in [3.05, 3.63) is 20.6 Å². The predicted octanol–water partition coefficient (Wildman–Crippen LogP) is 1.11. The monoisotopic (exact) mass is 342 g/mol. The van der Waals surface area contributed by atoms with Crippen LogP contribution in [-0.4, -0.2) is 23.9 Å². The molecule has 0 bridgehead atoms. The summed E-state index contributed by atoms with van der Waals surface area (Å²) in [6.07, 6.45) is 1.09. The number of ether oxygens (including phenoxy) is 2. The Bertz CT molecular complexity index is 470. The number of hydrogen-bond acceptors (Lipinski definition) is 6. The molecule has 0 saturated heterocycles. The molecule has 0 aromatic rings. The Kier molecular flexibility index (Phi) is 4.44. The van der Waals surface area contributed by atoms with Crippen LogP contribution in [0.4, 0.5) is 0 Å². The van der Waals surface area contributed by atoms with Crippen LogP contribution in [-0.2, 0) is 28.7 Å². The SMILES string of the molecule is O=C1C=C(Br)C(=O)O1.O=C1OC(=O)C(Cl)=C1Cl. The molecular formula is C8HBrCl2O6. The van der Waals surface area contributed by atoms with Crippen molar-refractivity contribution < 1.29 is 28.7 Å². The van der Waals surface area contributed by atoms with Gasteiger partial charge < -0.3 is 9.47 Å². The molecule has 0 radical (unpaired) electrons. The van der Waals surface area contributed by atoms with Gasteiger partial charge in [0.15, 0.2) is 10.1 Å². The molecule has 0 atom stereocenters. The van der Waals surface area contributed by atoms with Gasteiger partial charge in [-0.2, -0.15) is 0 Å².